The molecule has 6 heteroatoms. The van der Waals surface area contributed by atoms with Gasteiger partial charge in [0.15, 0.2) is 0 Å². The summed E-state index contributed by atoms with van der Waals surface area (Å²) in [6.07, 6.45) is -0.614. The molecule has 1 aromatic rings. The van der Waals surface area contributed by atoms with Crippen LogP contribution in [0.15, 0.2) is 12.1 Å². The Morgan fingerprint density at radius 1 is 1.45 bits per heavy atom. The van der Waals surface area contributed by atoms with E-state index in [0.29, 0.717) is 11.4 Å². The summed E-state index contributed by atoms with van der Waals surface area (Å²) < 4.78 is 0. The molecule has 0 aliphatic rings. The summed E-state index contributed by atoms with van der Waals surface area (Å²) in [5.74, 6) is 0.333. The highest BCUT2D eigenvalue weighted by Crippen LogP contribution is 2.19. The van der Waals surface area contributed by atoms with Crippen LogP contribution in [0, 0.1) is 5.41 Å². The summed E-state index contributed by atoms with van der Waals surface area (Å²) in [6.45, 7) is 5.94. The molecule has 0 saturated heterocycles. The van der Waals surface area contributed by atoms with Crippen LogP contribution < -0.4 is 10.2 Å². The molecule has 0 saturated carbocycles. The Balaban J connectivity index is 2.78. The largest absolute Gasteiger partial charge is 0.391 e. The van der Waals surface area contributed by atoms with Crippen molar-refractivity contribution in [2.45, 2.75) is 26.9 Å². The van der Waals surface area contributed by atoms with E-state index in [1.807, 2.05) is 34.9 Å². The van der Waals surface area contributed by atoms with Gasteiger partial charge in [0.1, 0.15) is 11.0 Å². The number of aliphatic hydroxyl groups excluding tert-OH is 1. The zero-order chi connectivity index (χ0) is 15.5. The second-order valence-electron chi connectivity index (χ2n) is 6.02. The van der Waals surface area contributed by atoms with Crippen molar-refractivity contribution >= 4 is 23.3 Å². The third-order valence-electron chi connectivity index (χ3n) is 2.96. The van der Waals surface area contributed by atoms with Crippen LogP contribution in [0.4, 0.5) is 5.82 Å². The number of aromatic nitrogens is 1. The number of nitrogens with one attached hydrogen (secondary N) is 1. The zero-order valence-electron chi connectivity index (χ0n) is 12.6. The molecule has 1 aromatic heterocycles. The minimum absolute atomic E-state index is 0.194. The number of halogens is 1. The molecule has 1 atom stereocenters. The van der Waals surface area contributed by atoms with Gasteiger partial charge in [0.25, 0.3) is 5.91 Å². The van der Waals surface area contributed by atoms with Gasteiger partial charge in [-0.25, -0.2) is 4.98 Å². The summed E-state index contributed by atoms with van der Waals surface area (Å²) in [4.78, 5) is 18.0. The molecule has 1 unspecified atom stereocenters. The fourth-order valence-corrected chi connectivity index (χ4v) is 1.65. The highest BCUT2D eigenvalue weighted by molar-refractivity contribution is 6.29. The summed E-state index contributed by atoms with van der Waals surface area (Å²) in [5, 5.41) is 12.9. The van der Waals surface area contributed by atoms with Gasteiger partial charge in [-0.05, 0) is 17.5 Å². The lowest BCUT2D eigenvalue weighted by Crippen LogP contribution is -2.39. The summed E-state index contributed by atoms with van der Waals surface area (Å²) >= 11 is 5.91. The SMILES string of the molecule is CN(C)c1cc(C(=O)NCC(O)C(C)(C)C)cc(Cl)n1. The van der Waals surface area contributed by atoms with Gasteiger partial charge in [-0.3, -0.25) is 4.79 Å². The Hall–Kier alpha value is -1.33. The first-order valence-electron chi connectivity index (χ1n) is 6.42. The first kappa shape index (κ1) is 16.7. The molecular weight excluding hydrogens is 278 g/mol. The Bertz CT molecular complexity index is 484. The lowest BCUT2D eigenvalue weighted by atomic mass is 9.89. The second kappa shape index (κ2) is 6.41. The number of aliphatic hydroxyl groups is 1. The molecule has 2 N–H and O–H groups in total. The van der Waals surface area contributed by atoms with E-state index in [2.05, 4.69) is 10.3 Å². The molecular formula is C14H22ClN3O2. The second-order valence-corrected chi connectivity index (χ2v) is 6.41. The van der Waals surface area contributed by atoms with Gasteiger partial charge in [0, 0.05) is 26.2 Å². The number of carbonyl (C=O) groups is 1. The molecule has 0 spiro atoms. The number of hydrogen-bond acceptors (Lipinski definition) is 4. The Morgan fingerprint density at radius 2 is 2.05 bits per heavy atom. The standard InChI is InChI=1S/C14H22ClN3O2/c1-14(2,3)10(19)8-16-13(20)9-6-11(15)17-12(7-9)18(4)5/h6-7,10,19H,8H2,1-5H3,(H,16,20). The Morgan fingerprint density at radius 3 is 2.55 bits per heavy atom. The first-order chi connectivity index (χ1) is 9.11. The number of anilines is 1. The molecule has 20 heavy (non-hydrogen) atoms. The van der Waals surface area contributed by atoms with E-state index >= 15 is 0 Å². The number of amides is 1. The van der Waals surface area contributed by atoms with Crippen LogP contribution >= 0.6 is 11.6 Å². The molecule has 5 nitrogen and oxygen atoms in total. The van der Waals surface area contributed by atoms with Crippen molar-refractivity contribution < 1.29 is 9.90 Å². The van der Waals surface area contributed by atoms with Gasteiger partial charge in [-0.15, -0.1) is 0 Å². The Labute approximate surface area is 125 Å². The first-order valence-corrected chi connectivity index (χ1v) is 6.80. The van der Waals surface area contributed by atoms with Gasteiger partial charge in [-0.2, -0.15) is 0 Å². The van der Waals surface area contributed by atoms with Crippen LogP contribution in [-0.2, 0) is 0 Å². The maximum absolute atomic E-state index is 12.1. The molecule has 0 fully saturated rings. The van der Waals surface area contributed by atoms with Crippen LogP contribution in [0.2, 0.25) is 5.15 Å². The number of hydrogen-bond donors (Lipinski definition) is 2. The normalized spacial score (nSPS) is 12.9. The van der Waals surface area contributed by atoms with E-state index < -0.39 is 6.10 Å². The topological polar surface area (TPSA) is 65.5 Å². The Kier molecular flexibility index (Phi) is 5.36. The molecule has 112 valence electrons. The zero-order valence-corrected chi connectivity index (χ0v) is 13.3. The number of rotatable bonds is 4. The van der Waals surface area contributed by atoms with Crippen molar-refractivity contribution in [2.75, 3.05) is 25.5 Å². The third kappa shape index (κ3) is 4.65. The van der Waals surface area contributed by atoms with Gasteiger partial charge >= 0.3 is 0 Å². The summed E-state index contributed by atoms with van der Waals surface area (Å²) in [7, 11) is 3.65. The van der Waals surface area contributed by atoms with Crippen LogP contribution in [-0.4, -0.2) is 42.7 Å². The summed E-state index contributed by atoms with van der Waals surface area (Å²) in [6, 6.07) is 3.16. The van der Waals surface area contributed by atoms with E-state index in [1.165, 1.54) is 6.07 Å². The molecule has 1 heterocycles. The predicted molar refractivity (Wildman–Crippen MR) is 81.4 cm³/mol. The van der Waals surface area contributed by atoms with Crippen LogP contribution in [0.1, 0.15) is 31.1 Å². The molecule has 0 aliphatic carbocycles. The average Bonchev–Trinajstić information content (AvgIpc) is 2.33. The molecule has 0 aromatic carbocycles. The highest BCUT2D eigenvalue weighted by atomic mass is 35.5. The molecule has 0 radical (unpaired) electrons. The van der Waals surface area contributed by atoms with Crippen LogP contribution in [0.3, 0.4) is 0 Å². The molecule has 1 amide bonds. The third-order valence-corrected chi connectivity index (χ3v) is 3.15. The van der Waals surface area contributed by atoms with Gasteiger partial charge < -0.3 is 15.3 Å². The molecule has 0 aliphatic heterocycles. The summed E-state index contributed by atoms with van der Waals surface area (Å²) in [5.41, 5.74) is 0.146. The van der Waals surface area contributed by atoms with Gasteiger partial charge in [0.05, 0.1) is 6.10 Å². The highest BCUT2D eigenvalue weighted by Gasteiger charge is 2.22. The van der Waals surface area contributed by atoms with Crippen molar-refractivity contribution in [1.29, 1.82) is 0 Å². The molecule has 0 bridgehead atoms. The molecule has 1 rings (SSSR count). The lowest BCUT2D eigenvalue weighted by Gasteiger charge is -2.25. The van der Waals surface area contributed by atoms with Crippen molar-refractivity contribution in [3.8, 4) is 0 Å². The fraction of sp³-hybridized carbons (Fsp3) is 0.571. The number of pyridine rings is 1. The smallest absolute Gasteiger partial charge is 0.251 e. The lowest BCUT2D eigenvalue weighted by molar-refractivity contribution is 0.0587. The van der Waals surface area contributed by atoms with E-state index in [4.69, 9.17) is 11.6 Å². The van der Waals surface area contributed by atoms with Gasteiger partial charge in [0.2, 0.25) is 0 Å². The van der Waals surface area contributed by atoms with E-state index in [9.17, 15) is 9.90 Å². The predicted octanol–water partition coefficient (Wildman–Crippen LogP) is 1.94. The van der Waals surface area contributed by atoms with E-state index in [-0.39, 0.29) is 23.0 Å². The van der Waals surface area contributed by atoms with E-state index in [1.54, 1.807) is 11.0 Å². The maximum atomic E-state index is 12.1. The minimum Gasteiger partial charge on any atom is -0.391 e. The van der Waals surface area contributed by atoms with Crippen LogP contribution in [0.25, 0.3) is 0 Å². The minimum atomic E-state index is -0.614. The van der Waals surface area contributed by atoms with Crippen molar-refractivity contribution in [1.82, 2.24) is 10.3 Å². The quantitative estimate of drug-likeness (QED) is 0.834. The maximum Gasteiger partial charge on any atom is 0.251 e. The van der Waals surface area contributed by atoms with Crippen molar-refractivity contribution in [3.63, 3.8) is 0 Å². The average molecular weight is 300 g/mol. The monoisotopic (exact) mass is 299 g/mol. The number of nitrogens with zero attached hydrogens (tertiary/aromatic N) is 2. The van der Waals surface area contributed by atoms with Gasteiger partial charge in [-0.1, -0.05) is 32.4 Å². The van der Waals surface area contributed by atoms with Crippen LogP contribution in [0.5, 0.6) is 0 Å². The van der Waals surface area contributed by atoms with Crippen molar-refractivity contribution in [2.24, 2.45) is 5.41 Å². The number of carbonyl (C=O) groups excluding carboxylic acids is 1. The van der Waals surface area contributed by atoms with Crippen molar-refractivity contribution in [3.05, 3.63) is 22.8 Å². The fourth-order valence-electron chi connectivity index (χ4n) is 1.44. The van der Waals surface area contributed by atoms with E-state index in [0.717, 1.165) is 0 Å².